The average molecular weight is 453 g/mol. The van der Waals surface area contributed by atoms with Crippen LogP contribution in [-0.4, -0.2) is 44.8 Å². The first-order valence-corrected chi connectivity index (χ1v) is 12.6. The van der Waals surface area contributed by atoms with Gasteiger partial charge in [-0.25, -0.2) is 8.42 Å². The summed E-state index contributed by atoms with van der Waals surface area (Å²) in [6.45, 7) is 2.74. The van der Waals surface area contributed by atoms with Crippen LogP contribution in [0, 0.1) is 11.3 Å². The molecular weight excluding hydrogens is 424 g/mol. The molecule has 32 heavy (non-hydrogen) atoms. The first-order chi connectivity index (χ1) is 15.5. The third kappa shape index (κ3) is 4.79. The minimum atomic E-state index is -3.64. The Bertz CT molecular complexity index is 1110. The maximum absolute atomic E-state index is 13.3. The Labute approximate surface area is 189 Å². The molecule has 7 nitrogen and oxygen atoms in total. The first kappa shape index (κ1) is 22.3. The van der Waals surface area contributed by atoms with E-state index in [0.717, 1.165) is 56.4 Å². The largest absolute Gasteiger partial charge is 0.371 e. The van der Waals surface area contributed by atoms with Gasteiger partial charge in [0.05, 0.1) is 22.9 Å². The zero-order valence-electron chi connectivity index (χ0n) is 18.1. The van der Waals surface area contributed by atoms with E-state index in [9.17, 15) is 13.2 Å². The van der Waals surface area contributed by atoms with Crippen LogP contribution >= 0.6 is 0 Å². The van der Waals surface area contributed by atoms with E-state index in [2.05, 4.69) is 16.3 Å². The molecule has 0 unspecified atom stereocenters. The molecule has 2 fully saturated rings. The Morgan fingerprint density at radius 3 is 2.25 bits per heavy atom. The second-order valence-electron chi connectivity index (χ2n) is 8.32. The van der Waals surface area contributed by atoms with Gasteiger partial charge in [0, 0.05) is 37.6 Å². The number of amides is 1. The Morgan fingerprint density at radius 2 is 1.59 bits per heavy atom. The van der Waals surface area contributed by atoms with Gasteiger partial charge in [0.1, 0.15) is 0 Å². The van der Waals surface area contributed by atoms with Crippen LogP contribution in [0.3, 0.4) is 0 Å². The molecule has 2 heterocycles. The summed E-state index contributed by atoms with van der Waals surface area (Å²) in [5.41, 5.74) is 2.61. The van der Waals surface area contributed by atoms with E-state index >= 15 is 0 Å². The van der Waals surface area contributed by atoms with Crippen LogP contribution in [-0.2, 0) is 16.4 Å². The molecule has 4 rings (SSSR count). The summed E-state index contributed by atoms with van der Waals surface area (Å²) < 4.78 is 27.9. The number of carbonyl (C=O) groups is 1. The maximum Gasteiger partial charge on any atom is 0.257 e. The molecule has 0 saturated carbocycles. The van der Waals surface area contributed by atoms with E-state index in [1.807, 2.05) is 0 Å². The minimum Gasteiger partial charge on any atom is -0.371 e. The molecule has 1 amide bonds. The number of carbonyl (C=O) groups excluding carboxylic acids is 1. The lowest BCUT2D eigenvalue weighted by molar-refractivity contribution is 0.102. The number of nitrogens with zero attached hydrogens (tertiary/aromatic N) is 3. The molecule has 0 spiro atoms. The van der Waals surface area contributed by atoms with Gasteiger partial charge < -0.3 is 10.2 Å². The third-order valence-electron chi connectivity index (χ3n) is 6.11. The van der Waals surface area contributed by atoms with E-state index < -0.39 is 10.0 Å². The summed E-state index contributed by atoms with van der Waals surface area (Å²) in [6, 6.07) is 14.2. The third-order valence-corrected chi connectivity index (χ3v) is 8.00. The number of rotatable bonds is 6. The lowest BCUT2D eigenvalue weighted by Crippen LogP contribution is -2.35. The Balaban J connectivity index is 1.65. The van der Waals surface area contributed by atoms with E-state index in [1.165, 1.54) is 10.4 Å². The van der Waals surface area contributed by atoms with E-state index in [-0.39, 0.29) is 10.8 Å². The number of nitriles is 1. The van der Waals surface area contributed by atoms with Gasteiger partial charge in [-0.2, -0.15) is 9.57 Å². The molecule has 2 aliphatic rings. The SMILES string of the molecule is N#CCc1ccc(NC(=O)c2cc(S(=O)(=O)N3CCCCC3)ccc2N2CCCC2)cc1. The second-order valence-corrected chi connectivity index (χ2v) is 10.3. The second kappa shape index (κ2) is 9.72. The number of hydrogen-bond donors (Lipinski definition) is 1. The number of anilines is 2. The molecular formula is C24H28N4O3S. The van der Waals surface area contributed by atoms with Crippen LogP contribution in [0.5, 0.6) is 0 Å². The molecule has 168 valence electrons. The molecule has 8 heteroatoms. The number of hydrogen-bond acceptors (Lipinski definition) is 5. The Kier molecular flexibility index (Phi) is 6.77. The summed E-state index contributed by atoms with van der Waals surface area (Å²) in [5, 5.41) is 11.7. The van der Waals surface area contributed by atoms with E-state index in [0.29, 0.717) is 30.8 Å². The van der Waals surface area contributed by atoms with Crippen molar-refractivity contribution < 1.29 is 13.2 Å². The quantitative estimate of drug-likeness (QED) is 0.720. The number of nitrogens with one attached hydrogen (secondary N) is 1. The first-order valence-electron chi connectivity index (χ1n) is 11.2. The van der Waals surface area contributed by atoms with Crippen molar-refractivity contribution in [3.8, 4) is 6.07 Å². The molecule has 0 atom stereocenters. The van der Waals surface area contributed by atoms with Crippen molar-refractivity contribution in [1.82, 2.24) is 4.31 Å². The summed E-state index contributed by atoms with van der Waals surface area (Å²) in [7, 11) is -3.64. The summed E-state index contributed by atoms with van der Waals surface area (Å²) >= 11 is 0. The van der Waals surface area contributed by atoms with Crippen molar-refractivity contribution in [3.05, 3.63) is 53.6 Å². The molecule has 2 aliphatic heterocycles. The van der Waals surface area contributed by atoms with Gasteiger partial charge >= 0.3 is 0 Å². The highest BCUT2D eigenvalue weighted by Crippen LogP contribution is 2.30. The van der Waals surface area contributed by atoms with Crippen molar-refractivity contribution in [2.75, 3.05) is 36.4 Å². The molecule has 2 aromatic rings. The average Bonchev–Trinajstić information content (AvgIpc) is 3.35. The molecule has 0 bridgehead atoms. The number of benzene rings is 2. The topological polar surface area (TPSA) is 93.5 Å². The predicted molar refractivity (Wildman–Crippen MR) is 124 cm³/mol. The zero-order valence-corrected chi connectivity index (χ0v) is 18.9. The lowest BCUT2D eigenvalue weighted by Gasteiger charge is -2.27. The molecule has 0 radical (unpaired) electrons. The highest BCUT2D eigenvalue weighted by Gasteiger charge is 2.28. The Hall–Kier alpha value is -2.89. The van der Waals surface area contributed by atoms with Crippen molar-refractivity contribution in [2.24, 2.45) is 0 Å². The van der Waals surface area contributed by atoms with Gasteiger partial charge in [-0.05, 0) is 61.6 Å². The fraction of sp³-hybridized carbons (Fsp3) is 0.417. The molecule has 1 N–H and O–H groups in total. The van der Waals surface area contributed by atoms with Crippen LogP contribution in [0.4, 0.5) is 11.4 Å². The standard InChI is InChI=1S/C24H28N4O3S/c25-13-12-19-6-8-20(9-7-19)26-24(29)22-18-21(10-11-23(22)27-14-4-5-15-27)32(30,31)28-16-2-1-3-17-28/h6-11,18H,1-5,12,14-17H2,(H,26,29). The van der Waals surface area contributed by atoms with Crippen molar-refractivity contribution >= 4 is 27.3 Å². The van der Waals surface area contributed by atoms with E-state index in [1.54, 1.807) is 36.4 Å². The van der Waals surface area contributed by atoms with Gasteiger partial charge in [0.25, 0.3) is 5.91 Å². The van der Waals surface area contributed by atoms with Crippen molar-refractivity contribution in [1.29, 1.82) is 5.26 Å². The van der Waals surface area contributed by atoms with Crippen LogP contribution in [0.25, 0.3) is 0 Å². The van der Waals surface area contributed by atoms with Crippen LogP contribution in [0.15, 0.2) is 47.4 Å². The highest BCUT2D eigenvalue weighted by atomic mass is 32.2. The molecule has 2 aromatic carbocycles. The summed E-state index contributed by atoms with van der Waals surface area (Å²) in [5.74, 6) is -0.337. The molecule has 2 saturated heterocycles. The highest BCUT2D eigenvalue weighted by molar-refractivity contribution is 7.89. The van der Waals surface area contributed by atoms with Gasteiger partial charge in [-0.3, -0.25) is 4.79 Å². The maximum atomic E-state index is 13.3. The van der Waals surface area contributed by atoms with Gasteiger partial charge in [-0.1, -0.05) is 18.6 Å². The fourth-order valence-electron chi connectivity index (χ4n) is 4.34. The minimum absolute atomic E-state index is 0.164. The molecule has 0 aromatic heterocycles. The molecule has 0 aliphatic carbocycles. The van der Waals surface area contributed by atoms with Crippen LogP contribution in [0.1, 0.15) is 48.0 Å². The Morgan fingerprint density at radius 1 is 0.938 bits per heavy atom. The monoisotopic (exact) mass is 452 g/mol. The fourth-order valence-corrected chi connectivity index (χ4v) is 5.89. The van der Waals surface area contributed by atoms with Crippen molar-refractivity contribution in [3.63, 3.8) is 0 Å². The number of piperidine rings is 1. The summed E-state index contributed by atoms with van der Waals surface area (Å²) in [4.78, 5) is 15.6. The van der Waals surface area contributed by atoms with Gasteiger partial charge in [-0.15, -0.1) is 0 Å². The number of sulfonamides is 1. The van der Waals surface area contributed by atoms with Crippen molar-refractivity contribution in [2.45, 2.75) is 43.4 Å². The smallest absolute Gasteiger partial charge is 0.257 e. The van der Waals surface area contributed by atoms with Gasteiger partial charge in [0.15, 0.2) is 0 Å². The van der Waals surface area contributed by atoms with Crippen LogP contribution in [0.2, 0.25) is 0 Å². The normalized spacial score (nSPS) is 17.2. The lowest BCUT2D eigenvalue weighted by atomic mass is 10.1. The summed E-state index contributed by atoms with van der Waals surface area (Å²) in [6.07, 6.45) is 5.18. The predicted octanol–water partition coefficient (Wildman–Crippen LogP) is 3.78. The zero-order chi connectivity index (χ0) is 22.6. The van der Waals surface area contributed by atoms with Gasteiger partial charge in [0.2, 0.25) is 10.0 Å². The van der Waals surface area contributed by atoms with Crippen LogP contribution < -0.4 is 10.2 Å². The van der Waals surface area contributed by atoms with E-state index in [4.69, 9.17) is 5.26 Å².